The van der Waals surface area contributed by atoms with Gasteiger partial charge in [0.2, 0.25) is 0 Å². The Morgan fingerprint density at radius 1 is 0.714 bits per heavy atom. The van der Waals surface area contributed by atoms with Crippen molar-refractivity contribution < 1.29 is 38.0 Å². The normalized spacial score (nSPS) is 10.0. The molecule has 1 aromatic rings. The molecule has 0 heterocycles. The second kappa shape index (κ2) is 15.2. The molecule has 8 heteroatoms. The van der Waals surface area contributed by atoms with Gasteiger partial charge in [0.1, 0.15) is 37.9 Å². The number of hydrogen-bond donors (Lipinski definition) is 0. The van der Waals surface area contributed by atoms with Crippen molar-refractivity contribution in [2.45, 2.75) is 0 Å². The Kier molecular flexibility index (Phi) is 12.6. The minimum absolute atomic E-state index is 0.174. The zero-order valence-corrected chi connectivity index (χ0v) is 15.8. The Morgan fingerprint density at radius 3 is 1.57 bits per heavy atom. The van der Waals surface area contributed by atoms with Crippen LogP contribution in [0.15, 0.2) is 49.6 Å². The number of carbonyl (C=O) groups is 2. The van der Waals surface area contributed by atoms with Gasteiger partial charge in [0, 0.05) is 18.2 Å². The number of esters is 2. The van der Waals surface area contributed by atoms with Crippen molar-refractivity contribution in [3.63, 3.8) is 0 Å². The molecule has 0 aliphatic carbocycles. The summed E-state index contributed by atoms with van der Waals surface area (Å²) in [4.78, 5) is 21.7. The van der Waals surface area contributed by atoms with Crippen LogP contribution in [0, 0.1) is 0 Å². The van der Waals surface area contributed by atoms with E-state index in [0.717, 1.165) is 12.2 Å². The van der Waals surface area contributed by atoms with E-state index in [1.54, 1.807) is 6.07 Å². The summed E-state index contributed by atoms with van der Waals surface area (Å²) in [5.74, 6) is 0.351. The molecule has 0 fully saturated rings. The van der Waals surface area contributed by atoms with Crippen LogP contribution in [0.5, 0.6) is 11.5 Å². The lowest BCUT2D eigenvalue weighted by Crippen LogP contribution is -2.13. The third-order valence-electron chi connectivity index (χ3n) is 3.08. The summed E-state index contributed by atoms with van der Waals surface area (Å²) >= 11 is 0. The predicted molar refractivity (Wildman–Crippen MR) is 101 cm³/mol. The zero-order valence-electron chi connectivity index (χ0n) is 15.8. The average Bonchev–Trinajstić information content (AvgIpc) is 2.72. The molecule has 0 radical (unpaired) electrons. The summed E-state index contributed by atoms with van der Waals surface area (Å²) in [6, 6.07) is 7.19. The van der Waals surface area contributed by atoms with Crippen LogP contribution >= 0.6 is 0 Å². The van der Waals surface area contributed by atoms with Crippen molar-refractivity contribution in [1.82, 2.24) is 0 Å². The first-order valence-electron chi connectivity index (χ1n) is 8.75. The number of benzene rings is 1. The van der Waals surface area contributed by atoms with Crippen molar-refractivity contribution in [2.24, 2.45) is 0 Å². The molecule has 0 spiro atoms. The minimum Gasteiger partial charge on any atom is -0.491 e. The standard InChI is InChI=1S/C20H26O8/c1-3-19(21)27-14-10-23-8-12-25-17-6-5-7-18(16-17)26-13-9-24-11-15-28-20(22)4-2/h3-7,16H,1-2,8-15H2. The van der Waals surface area contributed by atoms with Gasteiger partial charge in [0.25, 0.3) is 0 Å². The highest BCUT2D eigenvalue weighted by Gasteiger charge is 2.00. The fraction of sp³-hybridized carbons (Fsp3) is 0.400. The molecule has 0 atom stereocenters. The molecule has 1 aromatic carbocycles. The Labute approximate surface area is 164 Å². The van der Waals surface area contributed by atoms with Gasteiger partial charge in [-0.3, -0.25) is 0 Å². The SMILES string of the molecule is C=CC(=O)OCCOCCOc1cccc(OCCOCCOC(=O)C=C)c1. The highest BCUT2D eigenvalue weighted by Crippen LogP contribution is 2.19. The third kappa shape index (κ3) is 11.7. The lowest BCUT2D eigenvalue weighted by Gasteiger charge is -2.10. The second-order valence-electron chi connectivity index (χ2n) is 5.14. The molecule has 0 aliphatic rings. The van der Waals surface area contributed by atoms with E-state index in [0.29, 0.717) is 51.1 Å². The monoisotopic (exact) mass is 394 g/mol. The second-order valence-corrected chi connectivity index (χ2v) is 5.14. The maximum Gasteiger partial charge on any atom is 0.330 e. The van der Waals surface area contributed by atoms with E-state index in [2.05, 4.69) is 13.2 Å². The van der Waals surface area contributed by atoms with Crippen LogP contribution in [-0.4, -0.2) is 64.8 Å². The van der Waals surface area contributed by atoms with Gasteiger partial charge in [-0.2, -0.15) is 0 Å². The summed E-state index contributed by atoms with van der Waals surface area (Å²) in [6.07, 6.45) is 2.20. The van der Waals surface area contributed by atoms with E-state index < -0.39 is 11.9 Å². The molecule has 0 aromatic heterocycles. The van der Waals surface area contributed by atoms with E-state index in [-0.39, 0.29) is 13.2 Å². The maximum absolute atomic E-state index is 10.8. The van der Waals surface area contributed by atoms with E-state index >= 15 is 0 Å². The van der Waals surface area contributed by atoms with Crippen LogP contribution in [0.2, 0.25) is 0 Å². The van der Waals surface area contributed by atoms with Gasteiger partial charge >= 0.3 is 11.9 Å². The van der Waals surface area contributed by atoms with Crippen molar-refractivity contribution in [3.05, 3.63) is 49.6 Å². The van der Waals surface area contributed by atoms with E-state index in [4.69, 9.17) is 28.4 Å². The van der Waals surface area contributed by atoms with Crippen molar-refractivity contribution in [1.29, 1.82) is 0 Å². The molecule has 154 valence electrons. The van der Waals surface area contributed by atoms with Gasteiger partial charge in [0.15, 0.2) is 0 Å². The molecular formula is C20H26O8. The van der Waals surface area contributed by atoms with Gasteiger partial charge in [-0.15, -0.1) is 0 Å². The van der Waals surface area contributed by atoms with Crippen LogP contribution in [0.3, 0.4) is 0 Å². The summed E-state index contributed by atoms with van der Waals surface area (Å²) in [6.45, 7) is 8.96. The first-order chi connectivity index (χ1) is 13.7. The summed E-state index contributed by atoms with van der Waals surface area (Å²) in [5.41, 5.74) is 0. The smallest absolute Gasteiger partial charge is 0.330 e. The van der Waals surface area contributed by atoms with Crippen LogP contribution in [-0.2, 0) is 28.5 Å². The van der Waals surface area contributed by atoms with Crippen LogP contribution in [0.1, 0.15) is 0 Å². The number of rotatable bonds is 16. The Bertz CT molecular complexity index is 565. The number of ether oxygens (including phenoxy) is 6. The Hall–Kier alpha value is -2.84. The first-order valence-corrected chi connectivity index (χ1v) is 8.75. The Morgan fingerprint density at radius 2 is 1.14 bits per heavy atom. The quantitative estimate of drug-likeness (QED) is 0.239. The van der Waals surface area contributed by atoms with Crippen molar-refractivity contribution >= 4 is 11.9 Å². The lowest BCUT2D eigenvalue weighted by molar-refractivity contribution is -0.140. The average molecular weight is 394 g/mol. The highest BCUT2D eigenvalue weighted by molar-refractivity contribution is 5.81. The fourth-order valence-electron chi connectivity index (χ4n) is 1.82. The molecule has 0 bridgehead atoms. The molecule has 1 rings (SSSR count). The summed E-state index contributed by atoms with van der Waals surface area (Å²) in [5, 5.41) is 0. The molecule has 0 saturated heterocycles. The van der Waals surface area contributed by atoms with Gasteiger partial charge in [0.05, 0.1) is 26.4 Å². The number of hydrogen-bond acceptors (Lipinski definition) is 8. The van der Waals surface area contributed by atoms with E-state index in [1.165, 1.54) is 0 Å². The van der Waals surface area contributed by atoms with Crippen LogP contribution in [0.25, 0.3) is 0 Å². The summed E-state index contributed by atoms with van der Waals surface area (Å²) in [7, 11) is 0. The Balaban J connectivity index is 2.08. The topological polar surface area (TPSA) is 89.5 Å². The summed E-state index contributed by atoms with van der Waals surface area (Å²) < 4.78 is 31.3. The third-order valence-corrected chi connectivity index (χ3v) is 3.08. The van der Waals surface area contributed by atoms with Gasteiger partial charge < -0.3 is 28.4 Å². The van der Waals surface area contributed by atoms with Gasteiger partial charge in [-0.05, 0) is 12.1 Å². The van der Waals surface area contributed by atoms with Crippen molar-refractivity contribution in [2.75, 3.05) is 52.9 Å². The molecule has 0 unspecified atom stereocenters. The molecule has 0 N–H and O–H groups in total. The molecule has 0 saturated carbocycles. The van der Waals surface area contributed by atoms with Gasteiger partial charge in [-0.25, -0.2) is 9.59 Å². The van der Waals surface area contributed by atoms with E-state index in [9.17, 15) is 9.59 Å². The van der Waals surface area contributed by atoms with E-state index in [1.807, 2.05) is 18.2 Å². The molecule has 0 aliphatic heterocycles. The minimum atomic E-state index is -0.474. The highest BCUT2D eigenvalue weighted by atomic mass is 16.6. The predicted octanol–water partition coefficient (Wildman–Crippen LogP) is 1.94. The molecule has 28 heavy (non-hydrogen) atoms. The maximum atomic E-state index is 10.8. The van der Waals surface area contributed by atoms with Crippen molar-refractivity contribution in [3.8, 4) is 11.5 Å². The molecule has 8 nitrogen and oxygen atoms in total. The molecular weight excluding hydrogens is 368 g/mol. The number of carbonyl (C=O) groups excluding carboxylic acids is 2. The largest absolute Gasteiger partial charge is 0.491 e. The fourth-order valence-corrected chi connectivity index (χ4v) is 1.82. The lowest BCUT2D eigenvalue weighted by atomic mass is 10.3. The zero-order chi connectivity index (χ0) is 20.5. The first kappa shape index (κ1) is 23.2. The van der Waals surface area contributed by atoms with Gasteiger partial charge in [-0.1, -0.05) is 19.2 Å². The molecule has 0 amide bonds. The van der Waals surface area contributed by atoms with Crippen LogP contribution in [0.4, 0.5) is 0 Å². The van der Waals surface area contributed by atoms with Crippen LogP contribution < -0.4 is 9.47 Å².